The molecule has 0 fully saturated rings. The van der Waals surface area contributed by atoms with Crippen LogP contribution in [0.1, 0.15) is 31.1 Å². The lowest BCUT2D eigenvalue weighted by Crippen LogP contribution is -2.38. The summed E-state index contributed by atoms with van der Waals surface area (Å²) in [6.45, 7) is 8.28. The van der Waals surface area contributed by atoms with Crippen molar-refractivity contribution in [1.29, 1.82) is 0 Å². The molecule has 0 atom stereocenters. The van der Waals surface area contributed by atoms with Gasteiger partial charge in [-0.25, -0.2) is 0 Å². The smallest absolute Gasteiger partial charge is 0.270 e. The predicted molar refractivity (Wildman–Crippen MR) is 104 cm³/mol. The van der Waals surface area contributed by atoms with Crippen molar-refractivity contribution in [3.05, 3.63) is 64.2 Å². The Morgan fingerprint density at radius 3 is 2.52 bits per heavy atom. The molecule has 144 valence electrons. The number of nitro groups is 1. The molecule has 1 N–H and O–H groups in total. The molecule has 0 heterocycles. The van der Waals surface area contributed by atoms with Crippen LogP contribution in [0.15, 0.2) is 48.5 Å². The Morgan fingerprint density at radius 1 is 1.22 bits per heavy atom. The summed E-state index contributed by atoms with van der Waals surface area (Å²) in [7, 11) is 0. The van der Waals surface area contributed by atoms with E-state index >= 15 is 0 Å². The minimum absolute atomic E-state index is 0.139. The molecule has 2 rings (SSSR count). The van der Waals surface area contributed by atoms with Crippen LogP contribution in [0.5, 0.6) is 11.5 Å². The summed E-state index contributed by atoms with van der Waals surface area (Å²) in [5, 5.41) is 13.9. The first-order chi connectivity index (χ1) is 12.9. The minimum Gasteiger partial charge on any atom is -0.457 e. The lowest BCUT2D eigenvalue weighted by atomic mass is 10.1. The van der Waals surface area contributed by atoms with Gasteiger partial charge in [0.1, 0.15) is 11.5 Å². The highest BCUT2D eigenvalue weighted by Gasteiger charge is 2.18. The van der Waals surface area contributed by atoms with Gasteiger partial charge in [-0.05, 0) is 38.6 Å². The number of hydrogen-bond acceptors (Lipinski definition) is 5. The van der Waals surface area contributed by atoms with Crippen molar-refractivity contribution in [2.24, 2.45) is 0 Å². The van der Waals surface area contributed by atoms with Crippen molar-refractivity contribution in [2.45, 2.75) is 26.8 Å². The number of nitrogens with one attached hydrogen (secondary N) is 1. The van der Waals surface area contributed by atoms with E-state index < -0.39 is 10.8 Å². The maximum Gasteiger partial charge on any atom is 0.270 e. The zero-order chi connectivity index (χ0) is 19.8. The zero-order valence-electron chi connectivity index (χ0n) is 15.8. The lowest BCUT2D eigenvalue weighted by molar-refractivity contribution is -0.384. The van der Waals surface area contributed by atoms with Gasteiger partial charge in [0, 0.05) is 31.3 Å². The Balaban J connectivity index is 2.17. The van der Waals surface area contributed by atoms with Crippen LogP contribution in [0.4, 0.5) is 5.69 Å². The van der Waals surface area contributed by atoms with E-state index in [1.165, 1.54) is 18.2 Å². The molecule has 0 spiro atoms. The number of carbonyl (C=O) groups excluding carboxylic acids is 1. The van der Waals surface area contributed by atoms with Crippen LogP contribution in [-0.2, 0) is 0 Å². The number of non-ortho nitro benzene ring substituents is 1. The summed E-state index contributed by atoms with van der Waals surface area (Å²) >= 11 is 0. The van der Waals surface area contributed by atoms with Crippen LogP contribution in [0.3, 0.4) is 0 Å². The second kappa shape index (κ2) is 9.68. The second-order valence-electron chi connectivity index (χ2n) is 6.33. The van der Waals surface area contributed by atoms with E-state index in [-0.39, 0.29) is 17.0 Å². The van der Waals surface area contributed by atoms with E-state index in [1.807, 2.05) is 18.2 Å². The van der Waals surface area contributed by atoms with Crippen LogP contribution >= 0.6 is 0 Å². The van der Waals surface area contributed by atoms with Gasteiger partial charge >= 0.3 is 0 Å². The Hall–Kier alpha value is -2.93. The lowest BCUT2D eigenvalue weighted by Gasteiger charge is -2.24. The molecule has 0 unspecified atom stereocenters. The van der Waals surface area contributed by atoms with Crippen LogP contribution in [0.2, 0.25) is 0 Å². The number of para-hydroxylation sites is 1. The van der Waals surface area contributed by atoms with Crippen molar-refractivity contribution < 1.29 is 14.5 Å². The second-order valence-corrected chi connectivity index (χ2v) is 6.33. The molecular formula is C20H25N3O4. The first-order valence-electron chi connectivity index (χ1n) is 8.96. The third kappa shape index (κ3) is 5.79. The SMILES string of the molecule is CCN(CCNC(=O)c1cc([N+](=O)[O-])ccc1Oc1ccccc1)C(C)C. The molecule has 2 aromatic carbocycles. The number of amides is 1. The van der Waals surface area contributed by atoms with Gasteiger partial charge in [0.15, 0.2) is 0 Å². The molecule has 0 bridgehead atoms. The maximum absolute atomic E-state index is 12.6. The molecule has 0 aliphatic carbocycles. The average Bonchev–Trinajstić information content (AvgIpc) is 2.65. The van der Waals surface area contributed by atoms with E-state index in [0.29, 0.717) is 24.9 Å². The number of nitro benzene ring substituents is 1. The highest BCUT2D eigenvalue weighted by atomic mass is 16.6. The molecule has 0 aliphatic heterocycles. The summed E-state index contributed by atoms with van der Waals surface area (Å²) in [4.78, 5) is 25.4. The van der Waals surface area contributed by atoms with Crippen LogP contribution in [-0.4, -0.2) is 41.4 Å². The third-order valence-electron chi connectivity index (χ3n) is 4.21. The largest absolute Gasteiger partial charge is 0.457 e. The summed E-state index contributed by atoms with van der Waals surface area (Å²) in [5.74, 6) is 0.433. The van der Waals surface area contributed by atoms with E-state index in [9.17, 15) is 14.9 Å². The number of likely N-dealkylation sites (N-methyl/N-ethyl adjacent to an activating group) is 1. The molecule has 0 saturated carbocycles. The molecule has 0 aliphatic rings. The van der Waals surface area contributed by atoms with Gasteiger partial charge < -0.3 is 10.1 Å². The van der Waals surface area contributed by atoms with Crippen molar-refractivity contribution in [3.8, 4) is 11.5 Å². The molecule has 1 amide bonds. The normalized spacial score (nSPS) is 10.9. The molecule has 0 aromatic heterocycles. The highest BCUT2D eigenvalue weighted by molar-refractivity contribution is 5.97. The fourth-order valence-corrected chi connectivity index (χ4v) is 2.70. The van der Waals surface area contributed by atoms with Crippen LogP contribution < -0.4 is 10.1 Å². The molecule has 0 radical (unpaired) electrons. The first-order valence-corrected chi connectivity index (χ1v) is 8.96. The Bertz CT molecular complexity index is 778. The molecule has 7 heteroatoms. The fourth-order valence-electron chi connectivity index (χ4n) is 2.70. The van der Waals surface area contributed by atoms with Gasteiger partial charge in [0.25, 0.3) is 11.6 Å². The summed E-state index contributed by atoms with van der Waals surface area (Å²) in [5.41, 5.74) is -0.0152. The van der Waals surface area contributed by atoms with Gasteiger partial charge in [-0.3, -0.25) is 19.8 Å². The van der Waals surface area contributed by atoms with Gasteiger partial charge in [-0.1, -0.05) is 25.1 Å². The van der Waals surface area contributed by atoms with Gasteiger partial charge in [-0.15, -0.1) is 0 Å². The Morgan fingerprint density at radius 2 is 1.93 bits per heavy atom. The Labute approximate surface area is 159 Å². The van der Waals surface area contributed by atoms with E-state index in [2.05, 4.69) is 31.0 Å². The summed E-state index contributed by atoms with van der Waals surface area (Å²) in [6.07, 6.45) is 0. The zero-order valence-corrected chi connectivity index (χ0v) is 15.8. The number of hydrogen-bond donors (Lipinski definition) is 1. The van der Waals surface area contributed by atoms with Gasteiger partial charge in [0.2, 0.25) is 0 Å². The highest BCUT2D eigenvalue weighted by Crippen LogP contribution is 2.28. The number of rotatable bonds is 9. The number of nitrogens with zero attached hydrogens (tertiary/aromatic N) is 2. The molecule has 2 aromatic rings. The van der Waals surface area contributed by atoms with Gasteiger partial charge in [-0.2, -0.15) is 0 Å². The Kier molecular flexibility index (Phi) is 7.31. The molecular weight excluding hydrogens is 346 g/mol. The van der Waals surface area contributed by atoms with Crippen molar-refractivity contribution in [1.82, 2.24) is 10.2 Å². The molecule has 27 heavy (non-hydrogen) atoms. The van der Waals surface area contributed by atoms with Crippen molar-refractivity contribution >= 4 is 11.6 Å². The summed E-state index contributed by atoms with van der Waals surface area (Å²) in [6, 6.07) is 13.4. The monoisotopic (exact) mass is 371 g/mol. The molecule has 7 nitrogen and oxygen atoms in total. The van der Waals surface area contributed by atoms with E-state index in [4.69, 9.17) is 4.74 Å². The van der Waals surface area contributed by atoms with Crippen molar-refractivity contribution in [2.75, 3.05) is 19.6 Å². The van der Waals surface area contributed by atoms with E-state index in [1.54, 1.807) is 12.1 Å². The number of benzene rings is 2. The van der Waals surface area contributed by atoms with Crippen LogP contribution in [0, 0.1) is 10.1 Å². The fraction of sp³-hybridized carbons (Fsp3) is 0.350. The average molecular weight is 371 g/mol. The first kappa shape index (κ1) is 20.4. The van der Waals surface area contributed by atoms with Gasteiger partial charge in [0.05, 0.1) is 10.5 Å². The van der Waals surface area contributed by atoms with E-state index in [0.717, 1.165) is 6.54 Å². The quantitative estimate of drug-likeness (QED) is 0.535. The third-order valence-corrected chi connectivity index (χ3v) is 4.21. The standard InChI is InChI=1S/C20H25N3O4/c1-4-22(15(2)3)13-12-21-20(24)18-14-16(23(25)26)10-11-19(18)27-17-8-6-5-7-9-17/h5-11,14-15H,4,12-13H2,1-3H3,(H,21,24). The number of ether oxygens (including phenoxy) is 1. The maximum atomic E-state index is 12.6. The van der Waals surface area contributed by atoms with Crippen LogP contribution in [0.25, 0.3) is 0 Å². The van der Waals surface area contributed by atoms with Crippen molar-refractivity contribution in [3.63, 3.8) is 0 Å². The summed E-state index contributed by atoms with van der Waals surface area (Å²) < 4.78 is 5.76. The minimum atomic E-state index is -0.527. The topological polar surface area (TPSA) is 84.7 Å². The number of carbonyl (C=O) groups is 1. The predicted octanol–water partition coefficient (Wildman–Crippen LogP) is 3.85. The molecule has 0 saturated heterocycles.